The molecular weight excluding hydrogens is 242 g/mol. The van der Waals surface area contributed by atoms with Crippen LogP contribution in [0.15, 0.2) is 30.3 Å². The number of tetrazole rings is 1. The second-order valence-corrected chi connectivity index (χ2v) is 4.72. The van der Waals surface area contributed by atoms with Gasteiger partial charge in [-0.15, -0.1) is 10.2 Å². The van der Waals surface area contributed by atoms with Gasteiger partial charge in [-0.3, -0.25) is 4.79 Å². The maximum atomic E-state index is 12.0. The minimum atomic E-state index is -0.227. The van der Waals surface area contributed by atoms with E-state index in [0.717, 1.165) is 5.56 Å². The Kier molecular flexibility index (Phi) is 4.22. The minimum Gasteiger partial charge on any atom is -0.345 e. The lowest BCUT2D eigenvalue weighted by molar-refractivity contribution is -0.121. The van der Waals surface area contributed by atoms with Crippen LogP contribution in [0.2, 0.25) is 0 Å². The molecule has 19 heavy (non-hydrogen) atoms. The Hall–Kier alpha value is -2.24. The third-order valence-electron chi connectivity index (χ3n) is 2.83. The first kappa shape index (κ1) is 13.2. The zero-order valence-corrected chi connectivity index (χ0v) is 11.0. The smallest absolute Gasteiger partial charge is 0.225 e. The van der Waals surface area contributed by atoms with Crippen molar-refractivity contribution in [3.63, 3.8) is 0 Å². The summed E-state index contributed by atoms with van der Waals surface area (Å²) in [5, 5.41) is 16.8. The number of nitrogens with one attached hydrogen (secondary N) is 2. The van der Waals surface area contributed by atoms with Gasteiger partial charge in [0.05, 0.1) is 12.5 Å². The van der Waals surface area contributed by atoms with Gasteiger partial charge in [0, 0.05) is 0 Å². The third kappa shape index (κ3) is 3.61. The van der Waals surface area contributed by atoms with Crippen LogP contribution >= 0.6 is 0 Å². The van der Waals surface area contributed by atoms with Crippen LogP contribution in [0.4, 0.5) is 0 Å². The van der Waals surface area contributed by atoms with E-state index < -0.39 is 0 Å². The zero-order valence-electron chi connectivity index (χ0n) is 11.0. The van der Waals surface area contributed by atoms with Crippen molar-refractivity contribution in [2.24, 2.45) is 5.92 Å². The van der Waals surface area contributed by atoms with Crippen molar-refractivity contribution in [2.45, 2.75) is 26.3 Å². The molecule has 0 saturated carbocycles. The van der Waals surface area contributed by atoms with E-state index in [1.54, 1.807) is 0 Å². The molecule has 0 aliphatic heterocycles. The highest BCUT2D eigenvalue weighted by molar-refractivity contribution is 5.78. The molecule has 2 rings (SSSR count). The highest BCUT2D eigenvalue weighted by atomic mass is 16.1. The number of H-pyrrole nitrogens is 1. The molecule has 0 aliphatic carbocycles. The number of hydrogen-bond acceptors (Lipinski definition) is 4. The van der Waals surface area contributed by atoms with Gasteiger partial charge in [0.2, 0.25) is 5.91 Å². The van der Waals surface area contributed by atoms with E-state index in [0.29, 0.717) is 12.2 Å². The predicted octanol–water partition coefficient (Wildman–Crippen LogP) is 1.26. The van der Waals surface area contributed by atoms with Crippen LogP contribution in [0.1, 0.15) is 31.3 Å². The second-order valence-electron chi connectivity index (χ2n) is 4.72. The lowest BCUT2D eigenvalue weighted by Gasteiger charge is -2.18. The van der Waals surface area contributed by atoms with E-state index in [1.807, 2.05) is 44.2 Å². The van der Waals surface area contributed by atoms with Crippen LogP contribution in [-0.2, 0) is 11.2 Å². The van der Waals surface area contributed by atoms with Crippen molar-refractivity contribution >= 4 is 5.91 Å². The molecule has 1 heterocycles. The summed E-state index contributed by atoms with van der Waals surface area (Å²) >= 11 is 0. The van der Waals surface area contributed by atoms with E-state index in [1.165, 1.54) is 0 Å². The second kappa shape index (κ2) is 6.08. The number of amides is 1. The van der Waals surface area contributed by atoms with Gasteiger partial charge in [-0.1, -0.05) is 49.4 Å². The van der Waals surface area contributed by atoms with Crippen LogP contribution in [0.5, 0.6) is 0 Å². The summed E-state index contributed by atoms with van der Waals surface area (Å²) in [7, 11) is 0. The van der Waals surface area contributed by atoms with Crippen LogP contribution in [0.3, 0.4) is 0 Å². The van der Waals surface area contributed by atoms with Crippen molar-refractivity contribution < 1.29 is 4.79 Å². The number of aromatic amines is 1. The molecule has 1 amide bonds. The first-order valence-corrected chi connectivity index (χ1v) is 6.23. The number of benzene rings is 1. The summed E-state index contributed by atoms with van der Waals surface area (Å²) < 4.78 is 0. The van der Waals surface area contributed by atoms with Crippen LogP contribution in [-0.4, -0.2) is 26.5 Å². The summed E-state index contributed by atoms with van der Waals surface area (Å²) in [6, 6.07) is 9.40. The van der Waals surface area contributed by atoms with Gasteiger partial charge in [0.25, 0.3) is 0 Å². The number of aromatic nitrogens is 4. The average Bonchev–Trinajstić information content (AvgIpc) is 2.90. The molecular formula is C13H17N5O. The summed E-state index contributed by atoms with van der Waals surface area (Å²) in [5.74, 6) is 0.656. The quantitative estimate of drug-likeness (QED) is 0.846. The fraction of sp³-hybridized carbons (Fsp3) is 0.385. The molecule has 6 heteroatoms. The van der Waals surface area contributed by atoms with E-state index in [9.17, 15) is 4.79 Å². The van der Waals surface area contributed by atoms with E-state index in [-0.39, 0.29) is 17.9 Å². The summed E-state index contributed by atoms with van der Waals surface area (Å²) in [5.41, 5.74) is 0.982. The van der Waals surface area contributed by atoms with Crippen molar-refractivity contribution in [3.8, 4) is 0 Å². The van der Waals surface area contributed by atoms with Crippen molar-refractivity contribution in [1.29, 1.82) is 0 Å². The monoisotopic (exact) mass is 259 g/mol. The van der Waals surface area contributed by atoms with Crippen LogP contribution in [0, 0.1) is 5.92 Å². The van der Waals surface area contributed by atoms with Gasteiger partial charge < -0.3 is 5.32 Å². The maximum Gasteiger partial charge on any atom is 0.225 e. The Morgan fingerprint density at radius 1 is 1.32 bits per heavy atom. The molecule has 0 aliphatic rings. The molecule has 2 aromatic rings. The molecule has 100 valence electrons. The molecule has 6 nitrogen and oxygen atoms in total. The fourth-order valence-electron chi connectivity index (χ4n) is 1.84. The molecule has 0 spiro atoms. The summed E-state index contributed by atoms with van der Waals surface area (Å²) in [6.07, 6.45) is 0.349. The number of rotatable bonds is 5. The van der Waals surface area contributed by atoms with E-state index >= 15 is 0 Å². The van der Waals surface area contributed by atoms with Gasteiger partial charge in [-0.25, -0.2) is 0 Å². The summed E-state index contributed by atoms with van der Waals surface area (Å²) in [4.78, 5) is 12.0. The Morgan fingerprint density at radius 2 is 2.05 bits per heavy atom. The SMILES string of the molecule is CC(C)C(NC(=O)Cc1ccccc1)c1nn[nH]n1. The molecule has 2 N–H and O–H groups in total. The van der Waals surface area contributed by atoms with Gasteiger partial charge >= 0.3 is 0 Å². The molecule has 0 radical (unpaired) electrons. The predicted molar refractivity (Wildman–Crippen MR) is 70.0 cm³/mol. The number of carbonyl (C=O) groups is 1. The van der Waals surface area contributed by atoms with Gasteiger partial charge in [-0.2, -0.15) is 5.21 Å². The molecule has 0 saturated heterocycles. The van der Waals surface area contributed by atoms with Crippen molar-refractivity contribution in [2.75, 3.05) is 0 Å². The molecule has 1 unspecified atom stereocenters. The minimum absolute atomic E-state index is 0.0466. The fourth-order valence-corrected chi connectivity index (χ4v) is 1.84. The molecule has 1 aromatic carbocycles. The maximum absolute atomic E-state index is 12.0. The van der Waals surface area contributed by atoms with Gasteiger partial charge in [-0.05, 0) is 11.5 Å². The topological polar surface area (TPSA) is 83.6 Å². The normalized spacial score (nSPS) is 12.4. The van der Waals surface area contributed by atoms with Crippen LogP contribution in [0.25, 0.3) is 0 Å². The molecule has 0 fully saturated rings. The first-order valence-electron chi connectivity index (χ1n) is 6.23. The first-order chi connectivity index (χ1) is 9.16. The van der Waals surface area contributed by atoms with E-state index in [4.69, 9.17) is 0 Å². The largest absolute Gasteiger partial charge is 0.345 e. The Balaban J connectivity index is 2.00. The van der Waals surface area contributed by atoms with Crippen molar-refractivity contribution in [1.82, 2.24) is 25.9 Å². The number of carbonyl (C=O) groups excluding carboxylic acids is 1. The van der Waals surface area contributed by atoms with Gasteiger partial charge in [0.1, 0.15) is 0 Å². The lowest BCUT2D eigenvalue weighted by atomic mass is 10.0. The lowest BCUT2D eigenvalue weighted by Crippen LogP contribution is -2.33. The third-order valence-corrected chi connectivity index (χ3v) is 2.83. The Labute approximate surface area is 111 Å². The molecule has 1 aromatic heterocycles. The van der Waals surface area contributed by atoms with E-state index in [2.05, 4.69) is 25.9 Å². The van der Waals surface area contributed by atoms with Crippen LogP contribution < -0.4 is 5.32 Å². The molecule has 1 atom stereocenters. The number of hydrogen-bond donors (Lipinski definition) is 2. The standard InChI is InChI=1S/C13H17N5O/c1-9(2)12(13-15-17-18-16-13)14-11(19)8-10-6-4-3-5-7-10/h3-7,9,12H,8H2,1-2H3,(H,14,19)(H,15,16,17,18). The average molecular weight is 259 g/mol. The van der Waals surface area contributed by atoms with Gasteiger partial charge in [0.15, 0.2) is 5.82 Å². The molecule has 0 bridgehead atoms. The highest BCUT2D eigenvalue weighted by Gasteiger charge is 2.22. The van der Waals surface area contributed by atoms with Crippen molar-refractivity contribution in [3.05, 3.63) is 41.7 Å². The number of nitrogens with zero attached hydrogens (tertiary/aromatic N) is 3. The zero-order chi connectivity index (χ0) is 13.7. The Morgan fingerprint density at radius 3 is 2.63 bits per heavy atom. The Bertz CT molecular complexity index is 509. The highest BCUT2D eigenvalue weighted by Crippen LogP contribution is 2.17. The summed E-state index contributed by atoms with van der Waals surface area (Å²) in [6.45, 7) is 4.01.